The Morgan fingerprint density at radius 3 is 2.30 bits per heavy atom. The Kier molecular flexibility index (Phi) is 4.28. The first-order valence-electron chi connectivity index (χ1n) is 5.85. The van der Waals surface area contributed by atoms with Crippen molar-refractivity contribution in [2.24, 2.45) is 0 Å². The zero-order valence-corrected chi connectivity index (χ0v) is 13.3. The van der Waals surface area contributed by atoms with Crippen molar-refractivity contribution in [3.05, 3.63) is 57.6 Å². The predicted molar refractivity (Wildman–Crippen MR) is 83.2 cm³/mol. The molecule has 0 saturated heterocycles. The monoisotopic (exact) mass is 329 g/mol. The second-order valence-corrected chi connectivity index (χ2v) is 7.00. The first-order valence-corrected chi connectivity index (χ1v) is 8.08. The number of rotatable bonds is 3. The van der Waals surface area contributed by atoms with Crippen LogP contribution in [0.2, 0.25) is 10.0 Å². The van der Waals surface area contributed by atoms with Gasteiger partial charge in [-0.15, -0.1) is 0 Å². The van der Waals surface area contributed by atoms with Crippen LogP contribution >= 0.6 is 23.2 Å². The standard InChI is InChI=1S/C14H13Cl2NO2S/c1-9-3-4-10(2)14(7-9)17-20(18,19)11-5-6-12(15)13(16)8-11/h3-8,17H,1-2H3. The van der Waals surface area contributed by atoms with Crippen LogP contribution in [0.15, 0.2) is 41.3 Å². The summed E-state index contributed by atoms with van der Waals surface area (Å²) in [5.41, 5.74) is 2.37. The highest BCUT2D eigenvalue weighted by atomic mass is 35.5. The molecule has 0 aliphatic rings. The molecule has 20 heavy (non-hydrogen) atoms. The number of sulfonamides is 1. The van der Waals surface area contributed by atoms with Crippen LogP contribution in [-0.4, -0.2) is 8.42 Å². The molecule has 0 heterocycles. The van der Waals surface area contributed by atoms with E-state index in [2.05, 4.69) is 4.72 Å². The quantitative estimate of drug-likeness (QED) is 0.906. The molecule has 0 saturated carbocycles. The normalized spacial score (nSPS) is 11.4. The minimum Gasteiger partial charge on any atom is -0.279 e. The van der Waals surface area contributed by atoms with Crippen molar-refractivity contribution in [2.45, 2.75) is 18.7 Å². The molecule has 0 aromatic heterocycles. The van der Waals surface area contributed by atoms with Gasteiger partial charge < -0.3 is 0 Å². The maximum Gasteiger partial charge on any atom is 0.261 e. The van der Waals surface area contributed by atoms with E-state index in [4.69, 9.17) is 23.2 Å². The fourth-order valence-corrected chi connectivity index (χ4v) is 3.20. The second kappa shape index (κ2) is 5.64. The zero-order chi connectivity index (χ0) is 14.9. The third-order valence-corrected chi connectivity index (χ3v) is 4.94. The molecule has 0 unspecified atom stereocenters. The summed E-state index contributed by atoms with van der Waals surface area (Å²) < 4.78 is 27.2. The van der Waals surface area contributed by atoms with Gasteiger partial charge in [0.25, 0.3) is 10.0 Å². The van der Waals surface area contributed by atoms with Crippen LogP contribution in [0.3, 0.4) is 0 Å². The van der Waals surface area contributed by atoms with E-state index < -0.39 is 10.0 Å². The highest BCUT2D eigenvalue weighted by molar-refractivity contribution is 7.92. The smallest absolute Gasteiger partial charge is 0.261 e. The molecule has 6 heteroatoms. The summed E-state index contributed by atoms with van der Waals surface area (Å²) in [6.07, 6.45) is 0. The lowest BCUT2D eigenvalue weighted by Crippen LogP contribution is -2.13. The van der Waals surface area contributed by atoms with Crippen LogP contribution < -0.4 is 4.72 Å². The molecule has 0 atom stereocenters. The fraction of sp³-hybridized carbons (Fsp3) is 0.143. The van der Waals surface area contributed by atoms with Crippen LogP contribution in [0.25, 0.3) is 0 Å². The van der Waals surface area contributed by atoms with E-state index in [0.29, 0.717) is 10.7 Å². The van der Waals surface area contributed by atoms with E-state index in [-0.39, 0.29) is 9.92 Å². The highest BCUT2D eigenvalue weighted by Crippen LogP contribution is 2.27. The van der Waals surface area contributed by atoms with Crippen molar-refractivity contribution in [3.8, 4) is 0 Å². The minimum atomic E-state index is -3.68. The number of hydrogen-bond acceptors (Lipinski definition) is 2. The number of anilines is 1. The predicted octanol–water partition coefficient (Wildman–Crippen LogP) is 4.41. The van der Waals surface area contributed by atoms with Gasteiger partial charge in [0, 0.05) is 0 Å². The van der Waals surface area contributed by atoms with Gasteiger partial charge >= 0.3 is 0 Å². The van der Waals surface area contributed by atoms with Gasteiger partial charge in [0.1, 0.15) is 0 Å². The molecular formula is C14H13Cl2NO2S. The number of nitrogens with one attached hydrogen (secondary N) is 1. The third kappa shape index (κ3) is 3.26. The summed E-state index contributed by atoms with van der Waals surface area (Å²) >= 11 is 11.6. The molecule has 3 nitrogen and oxygen atoms in total. The zero-order valence-electron chi connectivity index (χ0n) is 10.9. The van der Waals surface area contributed by atoms with Crippen molar-refractivity contribution >= 4 is 38.9 Å². The van der Waals surface area contributed by atoms with E-state index in [0.717, 1.165) is 11.1 Å². The molecule has 1 N–H and O–H groups in total. The Hall–Kier alpha value is -1.23. The molecule has 0 bridgehead atoms. The Morgan fingerprint density at radius 1 is 0.950 bits per heavy atom. The number of aryl methyl sites for hydroxylation is 2. The Morgan fingerprint density at radius 2 is 1.65 bits per heavy atom. The number of hydrogen-bond donors (Lipinski definition) is 1. The van der Waals surface area contributed by atoms with Crippen LogP contribution in [0.4, 0.5) is 5.69 Å². The highest BCUT2D eigenvalue weighted by Gasteiger charge is 2.16. The van der Waals surface area contributed by atoms with Crippen molar-refractivity contribution in [1.82, 2.24) is 0 Å². The summed E-state index contributed by atoms with van der Waals surface area (Å²) in [5, 5.41) is 0.521. The molecule has 2 aromatic rings. The Balaban J connectivity index is 2.40. The number of halogens is 2. The molecule has 0 fully saturated rings. The molecule has 2 aromatic carbocycles. The van der Waals surface area contributed by atoms with Gasteiger partial charge in [0.2, 0.25) is 0 Å². The molecule has 0 aliphatic carbocycles. The van der Waals surface area contributed by atoms with Crippen LogP contribution in [-0.2, 0) is 10.0 Å². The van der Waals surface area contributed by atoms with E-state index in [1.165, 1.54) is 18.2 Å². The molecular weight excluding hydrogens is 317 g/mol. The second-order valence-electron chi connectivity index (χ2n) is 4.50. The summed E-state index contributed by atoms with van der Waals surface area (Å²) in [6, 6.07) is 9.78. The van der Waals surface area contributed by atoms with E-state index in [1.807, 2.05) is 26.0 Å². The van der Waals surface area contributed by atoms with Gasteiger partial charge in [-0.2, -0.15) is 0 Å². The summed E-state index contributed by atoms with van der Waals surface area (Å²) in [6.45, 7) is 3.74. The molecule has 0 amide bonds. The fourth-order valence-electron chi connectivity index (χ4n) is 1.69. The van der Waals surface area contributed by atoms with Gasteiger partial charge in [-0.1, -0.05) is 35.3 Å². The molecule has 106 valence electrons. The first-order chi connectivity index (χ1) is 9.29. The molecule has 0 radical (unpaired) electrons. The summed E-state index contributed by atoms with van der Waals surface area (Å²) in [7, 11) is -3.68. The maximum absolute atomic E-state index is 12.3. The first kappa shape index (κ1) is 15.2. The average Bonchev–Trinajstić information content (AvgIpc) is 2.36. The maximum atomic E-state index is 12.3. The van der Waals surface area contributed by atoms with Gasteiger partial charge in [-0.3, -0.25) is 4.72 Å². The van der Waals surface area contributed by atoms with Crippen LogP contribution in [0.1, 0.15) is 11.1 Å². The van der Waals surface area contributed by atoms with E-state index in [9.17, 15) is 8.42 Å². The van der Waals surface area contributed by atoms with Gasteiger partial charge in [-0.25, -0.2) is 8.42 Å². The minimum absolute atomic E-state index is 0.0767. The lowest BCUT2D eigenvalue weighted by molar-refractivity contribution is 0.601. The van der Waals surface area contributed by atoms with Gasteiger partial charge in [0.15, 0.2) is 0 Å². The van der Waals surface area contributed by atoms with Crippen molar-refractivity contribution in [2.75, 3.05) is 4.72 Å². The largest absolute Gasteiger partial charge is 0.279 e. The van der Waals surface area contributed by atoms with Crippen LogP contribution in [0.5, 0.6) is 0 Å². The lowest BCUT2D eigenvalue weighted by Gasteiger charge is -2.11. The number of benzene rings is 2. The lowest BCUT2D eigenvalue weighted by atomic mass is 10.1. The third-order valence-electron chi connectivity index (χ3n) is 2.84. The Labute approximate surface area is 128 Å². The summed E-state index contributed by atoms with van der Waals surface area (Å²) in [4.78, 5) is 0.0767. The van der Waals surface area contributed by atoms with Crippen LogP contribution in [0, 0.1) is 13.8 Å². The Bertz CT molecular complexity index is 758. The van der Waals surface area contributed by atoms with Gasteiger partial charge in [-0.05, 0) is 49.2 Å². The van der Waals surface area contributed by atoms with Gasteiger partial charge in [0.05, 0.1) is 20.6 Å². The average molecular weight is 330 g/mol. The van der Waals surface area contributed by atoms with Crippen molar-refractivity contribution in [3.63, 3.8) is 0 Å². The van der Waals surface area contributed by atoms with Crippen molar-refractivity contribution in [1.29, 1.82) is 0 Å². The topological polar surface area (TPSA) is 46.2 Å². The molecule has 0 spiro atoms. The molecule has 2 rings (SSSR count). The molecule has 0 aliphatic heterocycles. The summed E-state index contributed by atoms with van der Waals surface area (Å²) in [5.74, 6) is 0. The van der Waals surface area contributed by atoms with Crippen molar-refractivity contribution < 1.29 is 8.42 Å². The SMILES string of the molecule is Cc1ccc(C)c(NS(=O)(=O)c2ccc(Cl)c(Cl)c2)c1. The van der Waals surface area contributed by atoms with E-state index in [1.54, 1.807) is 6.07 Å². The van der Waals surface area contributed by atoms with E-state index >= 15 is 0 Å².